The van der Waals surface area contributed by atoms with E-state index in [1.54, 1.807) is 12.1 Å². The summed E-state index contributed by atoms with van der Waals surface area (Å²) in [5, 5.41) is 10.9. The maximum atomic E-state index is 8.09. The lowest BCUT2D eigenvalue weighted by atomic mass is 10.3. The molecule has 0 heterocycles. The quantitative estimate of drug-likeness (QED) is 0.557. The van der Waals surface area contributed by atoms with E-state index >= 15 is 0 Å². The molecule has 0 saturated heterocycles. The van der Waals surface area contributed by atoms with Crippen molar-refractivity contribution in [3.05, 3.63) is 33.8 Å². The van der Waals surface area contributed by atoms with Crippen LogP contribution in [0.15, 0.2) is 28.7 Å². The number of nitrogens with zero attached hydrogens (tertiary/aromatic N) is 2. The van der Waals surface area contributed by atoms with Gasteiger partial charge < -0.3 is 0 Å². The lowest BCUT2D eigenvalue weighted by Gasteiger charge is -1.88. The van der Waals surface area contributed by atoms with Crippen molar-refractivity contribution >= 4 is 21.6 Å². The second kappa shape index (κ2) is 3.18. The minimum absolute atomic E-state index is 0.755. The first-order valence-electron chi connectivity index (χ1n) is 2.68. The van der Waals surface area contributed by atoms with Gasteiger partial charge in [0.1, 0.15) is 5.69 Å². The first-order chi connectivity index (χ1) is 4.83. The lowest BCUT2D eigenvalue weighted by molar-refractivity contribution is 1.39. The Morgan fingerprint density at radius 1 is 1.30 bits per heavy atom. The fraction of sp³-hybridized carbons (Fsp3) is 0. The first-order valence-corrected chi connectivity index (χ1v) is 3.48. The van der Waals surface area contributed by atoms with E-state index in [-0.39, 0.29) is 0 Å². The third-order valence-corrected chi connectivity index (χ3v) is 1.55. The molecule has 1 aromatic rings. The molecule has 0 radical (unpaired) electrons. The van der Waals surface area contributed by atoms with Crippen molar-refractivity contribution < 1.29 is 0 Å². The maximum Gasteiger partial charge on any atom is 0.308 e. The number of halogens is 1. The van der Waals surface area contributed by atoms with Gasteiger partial charge in [-0.1, -0.05) is 15.9 Å². The standard InChI is InChI=1S/C6H5BrN3/c7-5-1-3-6(4-2-5)9-10-8/h1-4,9H/q+1. The maximum absolute atomic E-state index is 8.09. The second-order valence-corrected chi connectivity index (χ2v) is 2.63. The van der Waals surface area contributed by atoms with E-state index in [4.69, 9.17) is 5.39 Å². The Morgan fingerprint density at radius 2 is 1.90 bits per heavy atom. The van der Waals surface area contributed by atoms with E-state index in [0.29, 0.717) is 0 Å². The predicted octanol–water partition coefficient (Wildman–Crippen LogP) is 2.63. The second-order valence-electron chi connectivity index (χ2n) is 1.72. The molecular formula is C6H5BrN3+. The summed E-state index contributed by atoms with van der Waals surface area (Å²) < 4.78 is 0.996. The molecule has 50 valence electrons. The molecule has 0 aliphatic carbocycles. The van der Waals surface area contributed by atoms with Gasteiger partial charge in [-0.3, -0.25) is 0 Å². The highest BCUT2D eigenvalue weighted by Gasteiger charge is 1.94. The van der Waals surface area contributed by atoms with Crippen LogP contribution in [0, 0.1) is 5.39 Å². The number of hydrogen-bond acceptors (Lipinski definition) is 2. The topological polar surface area (TPSA) is 40.2 Å². The van der Waals surface area contributed by atoms with Gasteiger partial charge in [0.15, 0.2) is 0 Å². The van der Waals surface area contributed by atoms with Crippen LogP contribution in [0.5, 0.6) is 0 Å². The molecule has 1 aromatic carbocycles. The lowest BCUT2D eigenvalue weighted by Crippen LogP contribution is -1.81. The molecule has 0 amide bonds. The first kappa shape index (κ1) is 7.03. The van der Waals surface area contributed by atoms with Gasteiger partial charge in [0, 0.05) is 4.47 Å². The van der Waals surface area contributed by atoms with Crippen molar-refractivity contribution in [1.29, 1.82) is 5.39 Å². The van der Waals surface area contributed by atoms with E-state index in [2.05, 4.69) is 26.4 Å². The molecule has 4 heteroatoms. The Morgan fingerprint density at radius 3 is 2.40 bits per heavy atom. The van der Waals surface area contributed by atoms with Gasteiger partial charge in [0.05, 0.1) is 0 Å². The average Bonchev–Trinajstić information content (AvgIpc) is 1.95. The summed E-state index contributed by atoms with van der Waals surface area (Å²) in [5.41, 5.74) is 3.15. The van der Waals surface area contributed by atoms with Crippen LogP contribution >= 0.6 is 15.9 Å². The number of hydrogen-bond donors (Lipinski definition) is 1. The van der Waals surface area contributed by atoms with E-state index in [9.17, 15) is 0 Å². The molecule has 0 fully saturated rings. The fourth-order valence-electron chi connectivity index (χ4n) is 0.582. The minimum Gasteiger partial charge on any atom is -0.0508 e. The summed E-state index contributed by atoms with van der Waals surface area (Å²) in [6.45, 7) is 0. The molecule has 0 unspecified atom stereocenters. The summed E-state index contributed by atoms with van der Waals surface area (Å²) in [4.78, 5) is 0. The van der Waals surface area contributed by atoms with Crippen molar-refractivity contribution in [1.82, 2.24) is 0 Å². The summed E-state index contributed by atoms with van der Waals surface area (Å²) in [6.07, 6.45) is 0. The predicted molar refractivity (Wildman–Crippen MR) is 42.8 cm³/mol. The van der Waals surface area contributed by atoms with Gasteiger partial charge in [0.25, 0.3) is 5.39 Å². The zero-order chi connectivity index (χ0) is 7.40. The van der Waals surface area contributed by atoms with Gasteiger partial charge >= 0.3 is 5.08 Å². The van der Waals surface area contributed by atoms with Crippen LogP contribution in [0.3, 0.4) is 0 Å². The summed E-state index contributed by atoms with van der Waals surface area (Å²) in [7, 11) is 0. The molecule has 1 rings (SSSR count). The summed E-state index contributed by atoms with van der Waals surface area (Å²) in [6, 6.07) is 7.30. The largest absolute Gasteiger partial charge is 0.308 e. The molecule has 1 N–H and O–H groups in total. The Balaban J connectivity index is 2.81. The average molecular weight is 199 g/mol. The van der Waals surface area contributed by atoms with Gasteiger partial charge in [-0.15, -0.1) is 0 Å². The zero-order valence-electron chi connectivity index (χ0n) is 5.08. The summed E-state index contributed by atoms with van der Waals surface area (Å²) in [5.74, 6) is 0. The fourth-order valence-corrected chi connectivity index (χ4v) is 0.846. The van der Waals surface area contributed by atoms with Crippen molar-refractivity contribution in [2.24, 2.45) is 0 Å². The molecule has 0 aliphatic heterocycles. The zero-order valence-corrected chi connectivity index (χ0v) is 6.67. The van der Waals surface area contributed by atoms with E-state index in [0.717, 1.165) is 10.2 Å². The van der Waals surface area contributed by atoms with Gasteiger partial charge in [-0.05, 0) is 29.7 Å². The molecule has 0 atom stereocenters. The minimum atomic E-state index is 0.755. The number of nitrogens with one attached hydrogen (secondary N) is 1. The normalized spacial score (nSPS) is 8.40. The van der Waals surface area contributed by atoms with E-state index < -0.39 is 0 Å². The van der Waals surface area contributed by atoms with Crippen molar-refractivity contribution in [2.45, 2.75) is 0 Å². The summed E-state index contributed by atoms with van der Waals surface area (Å²) >= 11 is 3.28. The highest BCUT2D eigenvalue weighted by Crippen LogP contribution is 2.13. The van der Waals surface area contributed by atoms with Crippen LogP contribution in [0.1, 0.15) is 0 Å². The van der Waals surface area contributed by atoms with Crippen LogP contribution in [0.4, 0.5) is 5.69 Å². The van der Waals surface area contributed by atoms with Gasteiger partial charge in [-0.25, -0.2) is 0 Å². The van der Waals surface area contributed by atoms with Crippen molar-refractivity contribution in [3.63, 3.8) is 0 Å². The molecular weight excluding hydrogens is 194 g/mol. The van der Waals surface area contributed by atoms with Crippen LogP contribution < -0.4 is 5.43 Å². The van der Waals surface area contributed by atoms with Crippen LogP contribution in [0.25, 0.3) is 5.08 Å². The number of benzene rings is 1. The SMILES string of the molecule is N#[N+]Nc1ccc(Br)cc1. The van der Waals surface area contributed by atoms with Crippen LogP contribution in [-0.2, 0) is 0 Å². The molecule has 3 nitrogen and oxygen atoms in total. The molecule has 0 saturated carbocycles. The van der Waals surface area contributed by atoms with Crippen molar-refractivity contribution in [2.75, 3.05) is 5.43 Å². The number of diazo groups is 1. The Kier molecular flexibility index (Phi) is 2.24. The molecule has 0 aromatic heterocycles. The van der Waals surface area contributed by atoms with E-state index in [1.807, 2.05) is 12.1 Å². The highest BCUT2D eigenvalue weighted by atomic mass is 79.9. The molecule has 0 bridgehead atoms. The smallest absolute Gasteiger partial charge is 0.0508 e. The Hall–Kier alpha value is -1.08. The van der Waals surface area contributed by atoms with E-state index in [1.165, 1.54) is 0 Å². The van der Waals surface area contributed by atoms with Crippen LogP contribution in [-0.4, -0.2) is 0 Å². The van der Waals surface area contributed by atoms with Gasteiger partial charge in [0.2, 0.25) is 0 Å². The molecule has 0 spiro atoms. The molecule has 10 heavy (non-hydrogen) atoms. The van der Waals surface area contributed by atoms with Gasteiger partial charge in [-0.2, -0.15) is 0 Å². The Labute approximate surface area is 66.8 Å². The number of rotatable bonds is 1. The molecule has 0 aliphatic rings. The highest BCUT2D eigenvalue weighted by molar-refractivity contribution is 9.10. The van der Waals surface area contributed by atoms with Crippen LogP contribution in [0.2, 0.25) is 0 Å². The van der Waals surface area contributed by atoms with Crippen molar-refractivity contribution in [3.8, 4) is 0 Å². The monoisotopic (exact) mass is 198 g/mol. The third kappa shape index (κ3) is 1.71. The number of anilines is 1. The third-order valence-electron chi connectivity index (χ3n) is 1.02. The Bertz CT molecular complexity index is 249.